The fourth-order valence-electron chi connectivity index (χ4n) is 1.69. The summed E-state index contributed by atoms with van der Waals surface area (Å²) < 4.78 is 0. The van der Waals surface area contributed by atoms with Crippen molar-refractivity contribution in [3.8, 4) is 0 Å². The Kier molecular flexibility index (Phi) is 6.73. The molecular formula is C15H23N3O2. The topological polar surface area (TPSA) is 84.2 Å². The minimum absolute atomic E-state index is 0.0888. The summed E-state index contributed by atoms with van der Waals surface area (Å²) in [4.78, 5) is 23.6. The molecule has 110 valence electrons. The first-order chi connectivity index (χ1) is 9.56. The fourth-order valence-corrected chi connectivity index (χ4v) is 1.69. The van der Waals surface area contributed by atoms with E-state index in [-0.39, 0.29) is 17.7 Å². The number of carbonyl (C=O) groups is 2. The van der Waals surface area contributed by atoms with Gasteiger partial charge in [0.25, 0.3) is 5.91 Å². The van der Waals surface area contributed by atoms with Crippen molar-refractivity contribution < 1.29 is 9.59 Å². The zero-order valence-electron chi connectivity index (χ0n) is 12.1. The highest BCUT2D eigenvalue weighted by Crippen LogP contribution is 2.12. The summed E-state index contributed by atoms with van der Waals surface area (Å²) in [5.74, 6) is -0.0709. The molecule has 0 saturated carbocycles. The Balaban J connectivity index is 2.63. The molecule has 0 aliphatic rings. The van der Waals surface area contributed by atoms with E-state index in [0.29, 0.717) is 30.8 Å². The van der Waals surface area contributed by atoms with Gasteiger partial charge in [0.1, 0.15) is 0 Å². The summed E-state index contributed by atoms with van der Waals surface area (Å²) in [6.07, 6.45) is 1.27. The Labute approximate surface area is 119 Å². The number of benzene rings is 1. The molecular weight excluding hydrogens is 254 g/mol. The molecule has 1 atom stereocenters. The molecule has 1 aromatic carbocycles. The second-order valence-electron chi connectivity index (χ2n) is 4.93. The third-order valence-corrected chi connectivity index (χ3v) is 2.88. The van der Waals surface area contributed by atoms with Crippen LogP contribution in [0.3, 0.4) is 0 Å². The van der Waals surface area contributed by atoms with Gasteiger partial charge in [0, 0.05) is 24.2 Å². The Morgan fingerprint density at radius 2 is 2.10 bits per heavy atom. The third-order valence-electron chi connectivity index (χ3n) is 2.88. The van der Waals surface area contributed by atoms with Crippen LogP contribution in [-0.4, -0.2) is 24.9 Å². The molecule has 0 saturated heterocycles. The van der Waals surface area contributed by atoms with Gasteiger partial charge >= 0.3 is 0 Å². The summed E-state index contributed by atoms with van der Waals surface area (Å²) >= 11 is 0. The van der Waals surface area contributed by atoms with E-state index in [0.717, 1.165) is 6.42 Å². The molecule has 5 nitrogen and oxygen atoms in total. The predicted octanol–water partition coefficient (Wildman–Crippen LogP) is 1.75. The van der Waals surface area contributed by atoms with Crippen molar-refractivity contribution in [2.24, 2.45) is 11.7 Å². The summed E-state index contributed by atoms with van der Waals surface area (Å²) in [5, 5.41) is 5.59. The number of hydrogen-bond acceptors (Lipinski definition) is 3. The molecule has 0 spiro atoms. The first kappa shape index (κ1) is 16.2. The Hall–Kier alpha value is -1.88. The van der Waals surface area contributed by atoms with Crippen molar-refractivity contribution in [3.63, 3.8) is 0 Å². The van der Waals surface area contributed by atoms with E-state index in [2.05, 4.69) is 10.6 Å². The van der Waals surface area contributed by atoms with E-state index >= 15 is 0 Å². The van der Waals surface area contributed by atoms with Crippen molar-refractivity contribution in [1.82, 2.24) is 5.32 Å². The second kappa shape index (κ2) is 8.32. The largest absolute Gasteiger partial charge is 0.352 e. The van der Waals surface area contributed by atoms with Crippen LogP contribution in [0.5, 0.6) is 0 Å². The first-order valence-electron chi connectivity index (χ1n) is 6.95. The fraction of sp³-hybridized carbons (Fsp3) is 0.467. The van der Waals surface area contributed by atoms with E-state index in [4.69, 9.17) is 5.73 Å². The molecule has 1 unspecified atom stereocenters. The Morgan fingerprint density at radius 1 is 1.35 bits per heavy atom. The molecule has 20 heavy (non-hydrogen) atoms. The highest BCUT2D eigenvalue weighted by Gasteiger charge is 2.09. The predicted molar refractivity (Wildman–Crippen MR) is 80.5 cm³/mol. The van der Waals surface area contributed by atoms with Crippen molar-refractivity contribution in [2.75, 3.05) is 18.4 Å². The lowest BCUT2D eigenvalue weighted by Gasteiger charge is -2.10. The molecule has 4 N–H and O–H groups in total. The number of rotatable bonds is 7. The van der Waals surface area contributed by atoms with Gasteiger partial charge in [-0.2, -0.15) is 0 Å². The maximum atomic E-state index is 11.8. The van der Waals surface area contributed by atoms with Gasteiger partial charge in [-0.3, -0.25) is 9.59 Å². The number of nitrogens with one attached hydrogen (secondary N) is 2. The highest BCUT2D eigenvalue weighted by molar-refractivity contribution is 5.97. The number of carbonyl (C=O) groups excluding carboxylic acids is 2. The number of anilines is 1. The van der Waals surface area contributed by atoms with Crippen LogP contribution in [0.15, 0.2) is 24.3 Å². The standard InChI is InChI=1S/C15H23N3O2/c1-3-7-17-15(20)12-5-4-6-13(9-12)18-14(19)8-11(2)10-16/h4-6,9,11H,3,7-8,10,16H2,1-2H3,(H,17,20)(H,18,19). The van der Waals surface area contributed by atoms with Crippen LogP contribution in [0, 0.1) is 5.92 Å². The zero-order chi connectivity index (χ0) is 15.0. The smallest absolute Gasteiger partial charge is 0.251 e. The van der Waals surface area contributed by atoms with Crippen LogP contribution >= 0.6 is 0 Å². The molecule has 0 aromatic heterocycles. The molecule has 2 amide bonds. The quantitative estimate of drug-likeness (QED) is 0.710. The zero-order valence-corrected chi connectivity index (χ0v) is 12.1. The Morgan fingerprint density at radius 3 is 2.75 bits per heavy atom. The average Bonchev–Trinajstić information content (AvgIpc) is 2.44. The third kappa shape index (κ3) is 5.40. The summed E-state index contributed by atoms with van der Waals surface area (Å²) in [7, 11) is 0. The van der Waals surface area contributed by atoms with Gasteiger partial charge in [-0.1, -0.05) is 19.9 Å². The van der Waals surface area contributed by atoms with Gasteiger partial charge in [0.05, 0.1) is 0 Å². The van der Waals surface area contributed by atoms with Crippen molar-refractivity contribution in [3.05, 3.63) is 29.8 Å². The summed E-state index contributed by atoms with van der Waals surface area (Å²) in [6.45, 7) is 5.04. The lowest BCUT2D eigenvalue weighted by Crippen LogP contribution is -2.24. The van der Waals surface area contributed by atoms with Gasteiger partial charge in [-0.25, -0.2) is 0 Å². The number of hydrogen-bond donors (Lipinski definition) is 3. The van der Waals surface area contributed by atoms with Gasteiger partial charge < -0.3 is 16.4 Å². The Bertz CT molecular complexity index is 460. The van der Waals surface area contributed by atoms with E-state index in [1.807, 2.05) is 13.8 Å². The van der Waals surface area contributed by atoms with Crippen LogP contribution in [0.2, 0.25) is 0 Å². The van der Waals surface area contributed by atoms with Gasteiger partial charge in [0.15, 0.2) is 0 Å². The number of nitrogens with two attached hydrogens (primary N) is 1. The molecule has 1 aromatic rings. The van der Waals surface area contributed by atoms with Crippen LogP contribution in [-0.2, 0) is 4.79 Å². The average molecular weight is 277 g/mol. The molecule has 0 bridgehead atoms. The van der Waals surface area contributed by atoms with Crippen LogP contribution in [0.25, 0.3) is 0 Å². The highest BCUT2D eigenvalue weighted by atomic mass is 16.2. The molecule has 0 heterocycles. The summed E-state index contributed by atoms with van der Waals surface area (Å²) in [5.41, 5.74) is 6.66. The first-order valence-corrected chi connectivity index (χ1v) is 6.95. The number of amides is 2. The minimum atomic E-state index is -0.127. The lowest BCUT2D eigenvalue weighted by atomic mass is 10.1. The maximum Gasteiger partial charge on any atom is 0.251 e. The minimum Gasteiger partial charge on any atom is -0.352 e. The second-order valence-corrected chi connectivity index (χ2v) is 4.93. The SMILES string of the molecule is CCCNC(=O)c1cccc(NC(=O)CC(C)CN)c1. The van der Waals surface area contributed by atoms with Crippen molar-refractivity contribution in [1.29, 1.82) is 0 Å². The molecule has 0 aliphatic heterocycles. The molecule has 0 radical (unpaired) electrons. The molecule has 0 aliphatic carbocycles. The monoisotopic (exact) mass is 277 g/mol. The van der Waals surface area contributed by atoms with E-state index in [1.54, 1.807) is 24.3 Å². The lowest BCUT2D eigenvalue weighted by molar-refractivity contribution is -0.116. The normalized spacial score (nSPS) is 11.8. The summed E-state index contributed by atoms with van der Waals surface area (Å²) in [6, 6.07) is 6.92. The van der Waals surface area contributed by atoms with E-state index < -0.39 is 0 Å². The van der Waals surface area contributed by atoms with Crippen LogP contribution in [0.1, 0.15) is 37.0 Å². The molecule has 0 fully saturated rings. The molecule has 5 heteroatoms. The van der Waals surface area contributed by atoms with Crippen LogP contribution in [0.4, 0.5) is 5.69 Å². The van der Waals surface area contributed by atoms with Crippen molar-refractivity contribution in [2.45, 2.75) is 26.7 Å². The molecule has 1 rings (SSSR count). The van der Waals surface area contributed by atoms with Crippen molar-refractivity contribution >= 4 is 17.5 Å². The maximum absolute atomic E-state index is 11.8. The van der Waals surface area contributed by atoms with Gasteiger partial charge in [0.2, 0.25) is 5.91 Å². The van der Waals surface area contributed by atoms with E-state index in [1.165, 1.54) is 0 Å². The van der Waals surface area contributed by atoms with Gasteiger partial charge in [-0.15, -0.1) is 0 Å². The van der Waals surface area contributed by atoms with Crippen LogP contribution < -0.4 is 16.4 Å². The van der Waals surface area contributed by atoms with E-state index in [9.17, 15) is 9.59 Å². The van der Waals surface area contributed by atoms with Gasteiger partial charge in [-0.05, 0) is 37.1 Å².